The molecule has 2 rings (SSSR count). The van der Waals surface area contributed by atoms with Crippen LogP contribution in [0.3, 0.4) is 0 Å². The summed E-state index contributed by atoms with van der Waals surface area (Å²) in [5.41, 5.74) is 2.12. The van der Waals surface area contributed by atoms with Crippen molar-refractivity contribution in [3.05, 3.63) is 48.5 Å². The van der Waals surface area contributed by atoms with E-state index in [1.54, 1.807) is 43.5 Å². The van der Waals surface area contributed by atoms with Crippen LogP contribution in [0.4, 0.5) is 17.1 Å². The van der Waals surface area contributed by atoms with E-state index in [4.69, 9.17) is 4.74 Å². The number of ether oxygens (including phenoxy) is 1. The Labute approximate surface area is 134 Å². The first kappa shape index (κ1) is 16.4. The molecule has 0 aromatic heterocycles. The predicted molar refractivity (Wildman–Crippen MR) is 90.9 cm³/mol. The van der Waals surface area contributed by atoms with E-state index in [1.165, 1.54) is 6.92 Å². The van der Waals surface area contributed by atoms with Crippen molar-refractivity contribution in [2.45, 2.75) is 6.92 Å². The summed E-state index contributed by atoms with van der Waals surface area (Å²) in [7, 11) is 1.56. The van der Waals surface area contributed by atoms with Crippen LogP contribution >= 0.6 is 0 Å². The fourth-order valence-electron chi connectivity index (χ4n) is 2.00. The third kappa shape index (κ3) is 5.03. The summed E-state index contributed by atoms with van der Waals surface area (Å²) in [4.78, 5) is 22.9. The Kier molecular flexibility index (Phi) is 5.57. The lowest BCUT2D eigenvalue weighted by Gasteiger charge is -2.11. The molecule has 0 saturated carbocycles. The zero-order valence-corrected chi connectivity index (χ0v) is 13.1. The van der Waals surface area contributed by atoms with Crippen LogP contribution in [0.15, 0.2) is 48.5 Å². The van der Waals surface area contributed by atoms with Crippen LogP contribution in [0.1, 0.15) is 6.92 Å². The molecule has 0 atom stereocenters. The largest absolute Gasteiger partial charge is 0.495 e. The van der Waals surface area contributed by atoms with Crippen LogP contribution in [0, 0.1) is 0 Å². The number of carbonyl (C=O) groups is 2. The second-order valence-electron chi connectivity index (χ2n) is 4.86. The van der Waals surface area contributed by atoms with Crippen molar-refractivity contribution in [1.82, 2.24) is 0 Å². The Morgan fingerprint density at radius 1 is 0.957 bits per heavy atom. The van der Waals surface area contributed by atoms with Crippen molar-refractivity contribution < 1.29 is 14.3 Å². The molecule has 23 heavy (non-hydrogen) atoms. The first-order valence-corrected chi connectivity index (χ1v) is 7.13. The highest BCUT2D eigenvalue weighted by Crippen LogP contribution is 2.22. The van der Waals surface area contributed by atoms with Crippen molar-refractivity contribution in [3.8, 4) is 5.75 Å². The molecule has 6 heteroatoms. The summed E-state index contributed by atoms with van der Waals surface area (Å²) in [5.74, 6) is 0.308. The molecule has 0 aliphatic rings. The average Bonchev–Trinajstić information content (AvgIpc) is 2.54. The van der Waals surface area contributed by atoms with E-state index in [0.717, 1.165) is 5.69 Å². The highest BCUT2D eigenvalue weighted by Gasteiger charge is 2.06. The second-order valence-corrected chi connectivity index (χ2v) is 4.86. The molecule has 0 unspecified atom stereocenters. The third-order valence-corrected chi connectivity index (χ3v) is 3.04. The van der Waals surface area contributed by atoms with Gasteiger partial charge in [-0.1, -0.05) is 12.1 Å². The number of nitrogens with one attached hydrogen (secondary N) is 3. The van der Waals surface area contributed by atoms with E-state index in [1.807, 2.05) is 12.1 Å². The SMILES string of the molecule is COc1ccccc1NC(=O)CNc1ccc(NC(C)=O)cc1. The van der Waals surface area contributed by atoms with Gasteiger partial charge in [-0.3, -0.25) is 9.59 Å². The van der Waals surface area contributed by atoms with Gasteiger partial charge in [0.25, 0.3) is 0 Å². The van der Waals surface area contributed by atoms with Gasteiger partial charge in [0.15, 0.2) is 0 Å². The molecule has 0 spiro atoms. The lowest BCUT2D eigenvalue weighted by Crippen LogP contribution is -2.22. The van der Waals surface area contributed by atoms with Gasteiger partial charge in [0.05, 0.1) is 19.3 Å². The van der Waals surface area contributed by atoms with E-state index in [-0.39, 0.29) is 18.4 Å². The number of para-hydroxylation sites is 2. The maximum Gasteiger partial charge on any atom is 0.243 e. The molecular formula is C17H19N3O3. The first-order valence-electron chi connectivity index (χ1n) is 7.13. The molecule has 0 bridgehead atoms. The molecule has 0 aliphatic carbocycles. The van der Waals surface area contributed by atoms with E-state index in [2.05, 4.69) is 16.0 Å². The number of anilines is 3. The zero-order valence-electron chi connectivity index (χ0n) is 13.1. The van der Waals surface area contributed by atoms with Gasteiger partial charge >= 0.3 is 0 Å². The second kappa shape index (κ2) is 7.84. The molecule has 0 heterocycles. The lowest BCUT2D eigenvalue weighted by molar-refractivity contribution is -0.115. The summed E-state index contributed by atoms with van der Waals surface area (Å²) in [6.45, 7) is 1.58. The third-order valence-electron chi connectivity index (χ3n) is 3.04. The fourth-order valence-corrected chi connectivity index (χ4v) is 2.00. The Bertz CT molecular complexity index is 684. The molecule has 3 N–H and O–H groups in total. The topological polar surface area (TPSA) is 79.5 Å². The van der Waals surface area contributed by atoms with Crippen LogP contribution in [0.5, 0.6) is 5.75 Å². The molecule has 0 radical (unpaired) electrons. The smallest absolute Gasteiger partial charge is 0.243 e. The van der Waals surface area contributed by atoms with Crippen LogP contribution in [0.25, 0.3) is 0 Å². The van der Waals surface area contributed by atoms with Gasteiger partial charge in [0.1, 0.15) is 5.75 Å². The molecule has 120 valence electrons. The quantitative estimate of drug-likeness (QED) is 0.766. The van der Waals surface area contributed by atoms with E-state index in [0.29, 0.717) is 17.1 Å². The number of amides is 2. The molecule has 2 aromatic rings. The number of hydrogen-bond donors (Lipinski definition) is 3. The Hall–Kier alpha value is -3.02. The Morgan fingerprint density at radius 3 is 2.26 bits per heavy atom. The first-order chi connectivity index (χ1) is 11.1. The average molecular weight is 313 g/mol. The van der Waals surface area contributed by atoms with E-state index < -0.39 is 0 Å². The van der Waals surface area contributed by atoms with Gasteiger partial charge in [0.2, 0.25) is 11.8 Å². The molecule has 0 aliphatic heterocycles. The standard InChI is InChI=1S/C17H19N3O3/c1-12(21)19-14-9-7-13(8-10-14)18-11-17(22)20-15-5-3-4-6-16(15)23-2/h3-10,18H,11H2,1-2H3,(H,19,21)(H,20,22). The van der Waals surface area contributed by atoms with Crippen LogP contribution in [-0.4, -0.2) is 25.5 Å². The molecule has 0 saturated heterocycles. The summed E-state index contributed by atoms with van der Waals surface area (Å²) >= 11 is 0. The summed E-state index contributed by atoms with van der Waals surface area (Å²) in [6, 6.07) is 14.3. The number of carbonyl (C=O) groups excluding carboxylic acids is 2. The van der Waals surface area contributed by atoms with Gasteiger partial charge in [-0.15, -0.1) is 0 Å². The molecular weight excluding hydrogens is 294 g/mol. The predicted octanol–water partition coefficient (Wildman–Crippen LogP) is 2.70. The van der Waals surface area contributed by atoms with Gasteiger partial charge in [0, 0.05) is 18.3 Å². The number of benzene rings is 2. The number of hydrogen-bond acceptors (Lipinski definition) is 4. The molecule has 6 nitrogen and oxygen atoms in total. The van der Waals surface area contributed by atoms with Gasteiger partial charge in [-0.05, 0) is 36.4 Å². The highest BCUT2D eigenvalue weighted by atomic mass is 16.5. The molecule has 2 amide bonds. The normalized spacial score (nSPS) is 9.83. The van der Waals surface area contributed by atoms with Crippen LogP contribution < -0.4 is 20.7 Å². The zero-order chi connectivity index (χ0) is 16.7. The minimum Gasteiger partial charge on any atom is -0.495 e. The van der Waals surface area contributed by atoms with E-state index in [9.17, 15) is 9.59 Å². The summed E-state index contributed by atoms with van der Waals surface area (Å²) in [6.07, 6.45) is 0. The van der Waals surface area contributed by atoms with Gasteiger partial charge < -0.3 is 20.7 Å². The van der Waals surface area contributed by atoms with Crippen molar-refractivity contribution in [3.63, 3.8) is 0 Å². The van der Waals surface area contributed by atoms with E-state index >= 15 is 0 Å². The number of methoxy groups -OCH3 is 1. The van der Waals surface area contributed by atoms with Crippen molar-refractivity contribution in [2.75, 3.05) is 29.6 Å². The number of rotatable bonds is 6. The maximum absolute atomic E-state index is 12.0. The molecule has 0 fully saturated rings. The Balaban J connectivity index is 1.88. The molecule has 2 aromatic carbocycles. The van der Waals surface area contributed by atoms with Crippen LogP contribution in [-0.2, 0) is 9.59 Å². The highest BCUT2D eigenvalue weighted by molar-refractivity contribution is 5.95. The monoisotopic (exact) mass is 313 g/mol. The maximum atomic E-state index is 12.0. The minimum absolute atomic E-state index is 0.123. The van der Waals surface area contributed by atoms with Crippen molar-refractivity contribution >= 4 is 28.9 Å². The fraction of sp³-hybridized carbons (Fsp3) is 0.176. The lowest BCUT2D eigenvalue weighted by atomic mass is 10.2. The van der Waals surface area contributed by atoms with Crippen molar-refractivity contribution in [1.29, 1.82) is 0 Å². The minimum atomic E-state index is -0.180. The Morgan fingerprint density at radius 2 is 1.61 bits per heavy atom. The van der Waals surface area contributed by atoms with Crippen molar-refractivity contribution in [2.24, 2.45) is 0 Å². The van der Waals surface area contributed by atoms with Crippen LogP contribution in [0.2, 0.25) is 0 Å². The van der Waals surface area contributed by atoms with Gasteiger partial charge in [-0.25, -0.2) is 0 Å². The summed E-state index contributed by atoms with van der Waals surface area (Å²) < 4.78 is 5.18. The van der Waals surface area contributed by atoms with Gasteiger partial charge in [-0.2, -0.15) is 0 Å². The summed E-state index contributed by atoms with van der Waals surface area (Å²) in [5, 5.41) is 8.49.